The third kappa shape index (κ3) is 4.73. The number of anilines is 1. The molecule has 0 atom stereocenters. The lowest BCUT2D eigenvalue weighted by atomic mass is 10.2. The van der Waals surface area contributed by atoms with Crippen molar-refractivity contribution in [2.24, 2.45) is 0 Å². The molecule has 148 valence electrons. The Labute approximate surface area is 164 Å². The Morgan fingerprint density at radius 3 is 2.07 bits per heavy atom. The van der Waals surface area contributed by atoms with E-state index in [9.17, 15) is 9.59 Å². The number of nitrogens with zero attached hydrogens (tertiary/aromatic N) is 2. The van der Waals surface area contributed by atoms with Gasteiger partial charge in [-0.05, 0) is 24.3 Å². The van der Waals surface area contributed by atoms with Crippen LogP contribution in [0.5, 0.6) is 11.5 Å². The summed E-state index contributed by atoms with van der Waals surface area (Å²) in [5.74, 6) is 0.175. The molecule has 0 N–H and O–H groups in total. The first kappa shape index (κ1) is 19.5. The van der Waals surface area contributed by atoms with Gasteiger partial charge in [-0.2, -0.15) is 0 Å². The van der Waals surface area contributed by atoms with Crippen molar-refractivity contribution in [2.45, 2.75) is 0 Å². The van der Waals surface area contributed by atoms with Crippen LogP contribution in [0.25, 0.3) is 0 Å². The quantitative estimate of drug-likeness (QED) is 0.712. The molecule has 1 heterocycles. The minimum atomic E-state index is -0.589. The van der Waals surface area contributed by atoms with Crippen molar-refractivity contribution in [3.8, 4) is 11.5 Å². The van der Waals surface area contributed by atoms with Crippen molar-refractivity contribution in [3.05, 3.63) is 54.1 Å². The molecule has 2 aromatic carbocycles. The number of amides is 1. The smallest absolute Gasteiger partial charge is 0.338 e. The molecule has 0 unspecified atom stereocenters. The van der Waals surface area contributed by atoms with E-state index in [1.165, 1.54) is 14.2 Å². The number of carbonyl (C=O) groups excluding carboxylic acids is 2. The van der Waals surface area contributed by atoms with Gasteiger partial charge in [-0.3, -0.25) is 4.79 Å². The molecule has 7 heteroatoms. The molecule has 3 rings (SSSR count). The molecule has 0 aliphatic carbocycles. The van der Waals surface area contributed by atoms with E-state index in [1.54, 1.807) is 23.1 Å². The van der Waals surface area contributed by atoms with Crippen LogP contribution in [0.3, 0.4) is 0 Å². The van der Waals surface area contributed by atoms with Crippen molar-refractivity contribution in [1.82, 2.24) is 4.90 Å². The Balaban J connectivity index is 1.51. The summed E-state index contributed by atoms with van der Waals surface area (Å²) in [6, 6.07) is 14.9. The molecule has 0 spiro atoms. The van der Waals surface area contributed by atoms with E-state index >= 15 is 0 Å². The maximum Gasteiger partial charge on any atom is 0.338 e. The zero-order valence-electron chi connectivity index (χ0n) is 16.1. The fourth-order valence-corrected chi connectivity index (χ4v) is 3.08. The normalized spacial score (nSPS) is 13.8. The van der Waals surface area contributed by atoms with Gasteiger partial charge in [0.2, 0.25) is 0 Å². The number of ether oxygens (including phenoxy) is 3. The lowest BCUT2D eigenvalue weighted by Crippen LogP contribution is -2.49. The number of methoxy groups -OCH3 is 2. The highest BCUT2D eigenvalue weighted by atomic mass is 16.5. The molecule has 1 aliphatic heterocycles. The monoisotopic (exact) mass is 384 g/mol. The minimum Gasteiger partial charge on any atom is -0.497 e. The average molecular weight is 384 g/mol. The third-order valence-electron chi connectivity index (χ3n) is 4.67. The zero-order valence-corrected chi connectivity index (χ0v) is 16.1. The SMILES string of the molecule is COc1cc(OC)cc(C(=O)OCC(=O)N2CCN(c3ccccc3)CC2)c1. The Morgan fingerprint density at radius 2 is 1.50 bits per heavy atom. The van der Waals surface area contributed by atoms with Crippen LogP contribution in [0.15, 0.2) is 48.5 Å². The predicted octanol–water partition coefficient (Wildman–Crippen LogP) is 2.21. The molecule has 0 saturated carbocycles. The van der Waals surface area contributed by atoms with Crippen LogP contribution in [-0.4, -0.2) is 63.8 Å². The molecule has 1 saturated heterocycles. The fraction of sp³-hybridized carbons (Fsp3) is 0.333. The summed E-state index contributed by atoms with van der Waals surface area (Å²) in [6.45, 7) is 2.40. The van der Waals surface area contributed by atoms with Crippen molar-refractivity contribution >= 4 is 17.6 Å². The van der Waals surface area contributed by atoms with Crippen molar-refractivity contribution in [3.63, 3.8) is 0 Å². The van der Waals surface area contributed by atoms with Crippen LogP contribution in [0.2, 0.25) is 0 Å². The number of esters is 1. The van der Waals surface area contributed by atoms with E-state index < -0.39 is 5.97 Å². The van der Waals surface area contributed by atoms with E-state index in [2.05, 4.69) is 17.0 Å². The number of piperazine rings is 1. The summed E-state index contributed by atoms with van der Waals surface area (Å²) in [7, 11) is 3.00. The van der Waals surface area contributed by atoms with Crippen LogP contribution in [0, 0.1) is 0 Å². The van der Waals surface area contributed by atoms with Crippen molar-refractivity contribution in [2.75, 3.05) is 51.9 Å². The van der Waals surface area contributed by atoms with Crippen molar-refractivity contribution < 1.29 is 23.8 Å². The summed E-state index contributed by atoms with van der Waals surface area (Å²) in [5, 5.41) is 0. The number of benzene rings is 2. The highest BCUT2D eigenvalue weighted by molar-refractivity contribution is 5.92. The second-order valence-electron chi connectivity index (χ2n) is 6.38. The maximum absolute atomic E-state index is 12.4. The lowest BCUT2D eigenvalue weighted by Gasteiger charge is -2.36. The Bertz CT molecular complexity index is 795. The van der Waals surface area contributed by atoms with Crippen LogP contribution in [0.4, 0.5) is 5.69 Å². The second-order valence-corrected chi connectivity index (χ2v) is 6.38. The molecular formula is C21H24N2O5. The molecule has 28 heavy (non-hydrogen) atoms. The van der Waals surface area contributed by atoms with Crippen LogP contribution >= 0.6 is 0 Å². The van der Waals surface area contributed by atoms with E-state index in [0.29, 0.717) is 24.6 Å². The number of carbonyl (C=O) groups is 2. The lowest BCUT2D eigenvalue weighted by molar-refractivity contribution is -0.134. The van der Waals surface area contributed by atoms with Gasteiger partial charge in [0.15, 0.2) is 6.61 Å². The molecule has 1 amide bonds. The van der Waals surface area contributed by atoms with E-state index in [-0.39, 0.29) is 18.1 Å². The summed E-state index contributed by atoms with van der Waals surface area (Å²) in [5.41, 5.74) is 1.42. The van der Waals surface area contributed by atoms with Gasteiger partial charge in [0.05, 0.1) is 19.8 Å². The average Bonchev–Trinajstić information content (AvgIpc) is 2.77. The zero-order chi connectivity index (χ0) is 19.9. The Kier molecular flexibility index (Phi) is 6.37. The highest BCUT2D eigenvalue weighted by Gasteiger charge is 2.22. The summed E-state index contributed by atoms with van der Waals surface area (Å²) >= 11 is 0. The molecule has 0 aromatic heterocycles. The van der Waals surface area contributed by atoms with Gasteiger partial charge in [0.1, 0.15) is 11.5 Å². The molecule has 2 aromatic rings. The van der Waals surface area contributed by atoms with Gasteiger partial charge in [-0.1, -0.05) is 18.2 Å². The second kappa shape index (κ2) is 9.12. The first-order valence-corrected chi connectivity index (χ1v) is 9.08. The fourth-order valence-electron chi connectivity index (χ4n) is 3.08. The first-order valence-electron chi connectivity index (χ1n) is 9.08. The van der Waals surface area contributed by atoms with Gasteiger partial charge < -0.3 is 24.0 Å². The van der Waals surface area contributed by atoms with Crippen LogP contribution < -0.4 is 14.4 Å². The van der Waals surface area contributed by atoms with Gasteiger partial charge in [-0.25, -0.2) is 4.79 Å². The largest absolute Gasteiger partial charge is 0.497 e. The van der Waals surface area contributed by atoms with Gasteiger partial charge >= 0.3 is 5.97 Å². The van der Waals surface area contributed by atoms with Gasteiger partial charge in [-0.15, -0.1) is 0 Å². The topological polar surface area (TPSA) is 68.3 Å². The van der Waals surface area contributed by atoms with Gasteiger partial charge in [0, 0.05) is 37.9 Å². The summed E-state index contributed by atoms with van der Waals surface area (Å²) in [4.78, 5) is 28.7. The minimum absolute atomic E-state index is 0.198. The highest BCUT2D eigenvalue weighted by Crippen LogP contribution is 2.23. The summed E-state index contributed by atoms with van der Waals surface area (Å²) in [6.07, 6.45) is 0. The number of rotatable bonds is 6. The van der Waals surface area contributed by atoms with Crippen LogP contribution in [0.1, 0.15) is 10.4 Å². The number of hydrogen-bond donors (Lipinski definition) is 0. The molecule has 0 radical (unpaired) electrons. The number of hydrogen-bond acceptors (Lipinski definition) is 6. The molecule has 7 nitrogen and oxygen atoms in total. The Hall–Kier alpha value is -3.22. The van der Waals surface area contributed by atoms with E-state index in [1.807, 2.05) is 18.2 Å². The van der Waals surface area contributed by atoms with Crippen molar-refractivity contribution in [1.29, 1.82) is 0 Å². The van der Waals surface area contributed by atoms with E-state index in [0.717, 1.165) is 18.8 Å². The molecular weight excluding hydrogens is 360 g/mol. The Morgan fingerprint density at radius 1 is 0.893 bits per heavy atom. The molecule has 1 aliphatic rings. The standard InChI is InChI=1S/C21H24N2O5/c1-26-18-12-16(13-19(14-18)27-2)21(25)28-15-20(24)23-10-8-22(9-11-23)17-6-4-3-5-7-17/h3-7,12-14H,8-11,15H2,1-2H3. The molecule has 1 fully saturated rings. The summed E-state index contributed by atoms with van der Waals surface area (Å²) < 4.78 is 15.5. The predicted molar refractivity (Wildman–Crippen MR) is 105 cm³/mol. The van der Waals surface area contributed by atoms with E-state index in [4.69, 9.17) is 14.2 Å². The third-order valence-corrected chi connectivity index (χ3v) is 4.67. The van der Waals surface area contributed by atoms with Gasteiger partial charge in [0.25, 0.3) is 5.91 Å². The molecule has 0 bridgehead atoms. The maximum atomic E-state index is 12.4. The van der Waals surface area contributed by atoms with Crippen LogP contribution in [-0.2, 0) is 9.53 Å². The number of para-hydroxylation sites is 1. The first-order chi connectivity index (χ1) is 13.6.